The van der Waals surface area contributed by atoms with Crippen LogP contribution in [0.3, 0.4) is 0 Å². The SMILES string of the molecule is C1CCC2NC(C3NC4CCCCC4S3)NC2C1. The van der Waals surface area contributed by atoms with Crippen LogP contribution in [-0.4, -0.2) is 34.9 Å². The first-order chi connectivity index (χ1) is 8.90. The Hall–Kier alpha value is 0.230. The van der Waals surface area contributed by atoms with Crippen LogP contribution in [0.1, 0.15) is 51.4 Å². The number of rotatable bonds is 1. The number of nitrogens with one attached hydrogen (secondary N) is 3. The first-order valence-electron chi connectivity index (χ1n) is 7.84. The summed E-state index contributed by atoms with van der Waals surface area (Å²) >= 11 is 2.20. The highest BCUT2D eigenvalue weighted by atomic mass is 32.2. The fourth-order valence-electron chi connectivity index (χ4n) is 4.28. The second-order valence-corrected chi connectivity index (χ2v) is 7.85. The Bertz CT molecular complexity index is 253. The van der Waals surface area contributed by atoms with E-state index < -0.39 is 0 Å². The summed E-state index contributed by atoms with van der Waals surface area (Å²) < 4.78 is 0. The fourth-order valence-corrected chi connectivity index (χ4v) is 5.93. The number of thioether (sulfide) groups is 1. The average molecular weight is 267 g/mol. The van der Waals surface area contributed by atoms with E-state index >= 15 is 0 Å². The molecule has 18 heavy (non-hydrogen) atoms. The lowest BCUT2D eigenvalue weighted by molar-refractivity contribution is 0.369. The number of fused-ring (bicyclic) bond motifs is 2. The van der Waals surface area contributed by atoms with Gasteiger partial charge in [-0.05, 0) is 25.7 Å². The second-order valence-electron chi connectivity index (χ2n) is 6.46. The predicted octanol–water partition coefficient (Wildman–Crippen LogP) is 1.79. The molecule has 2 aliphatic carbocycles. The number of hydrogen-bond donors (Lipinski definition) is 3. The van der Waals surface area contributed by atoms with Crippen LogP contribution in [0.2, 0.25) is 0 Å². The minimum Gasteiger partial charge on any atom is -0.299 e. The van der Waals surface area contributed by atoms with Gasteiger partial charge in [0.25, 0.3) is 0 Å². The van der Waals surface area contributed by atoms with Gasteiger partial charge in [0.1, 0.15) is 0 Å². The third-order valence-corrected chi connectivity index (χ3v) is 6.87. The van der Waals surface area contributed by atoms with Gasteiger partial charge in [0.05, 0.1) is 11.5 Å². The highest BCUT2D eigenvalue weighted by molar-refractivity contribution is 8.00. The molecule has 0 aromatic rings. The van der Waals surface area contributed by atoms with Gasteiger partial charge in [0.15, 0.2) is 0 Å². The molecular formula is C14H25N3S. The molecule has 3 nitrogen and oxygen atoms in total. The molecule has 4 rings (SSSR count). The summed E-state index contributed by atoms with van der Waals surface area (Å²) in [5, 5.41) is 13.1. The van der Waals surface area contributed by atoms with E-state index in [2.05, 4.69) is 27.7 Å². The highest BCUT2D eigenvalue weighted by Gasteiger charge is 2.44. The van der Waals surface area contributed by atoms with Gasteiger partial charge in [-0.15, -0.1) is 11.8 Å². The van der Waals surface area contributed by atoms with E-state index in [-0.39, 0.29) is 0 Å². The first-order valence-corrected chi connectivity index (χ1v) is 8.78. The molecule has 2 aliphatic heterocycles. The second kappa shape index (κ2) is 4.97. The van der Waals surface area contributed by atoms with Crippen molar-refractivity contribution in [3.8, 4) is 0 Å². The van der Waals surface area contributed by atoms with Crippen molar-refractivity contribution in [2.24, 2.45) is 0 Å². The zero-order valence-electron chi connectivity index (χ0n) is 11.0. The van der Waals surface area contributed by atoms with Gasteiger partial charge in [-0.1, -0.05) is 25.7 Å². The Morgan fingerprint density at radius 2 is 1.28 bits per heavy atom. The molecular weight excluding hydrogens is 242 g/mol. The van der Waals surface area contributed by atoms with Crippen LogP contribution in [0.25, 0.3) is 0 Å². The Kier molecular flexibility index (Phi) is 3.31. The summed E-state index contributed by atoms with van der Waals surface area (Å²) in [4.78, 5) is 0. The topological polar surface area (TPSA) is 36.1 Å². The van der Waals surface area contributed by atoms with Crippen molar-refractivity contribution in [2.75, 3.05) is 0 Å². The predicted molar refractivity (Wildman–Crippen MR) is 76.7 cm³/mol. The Balaban J connectivity index is 1.40. The van der Waals surface area contributed by atoms with Gasteiger partial charge in [0, 0.05) is 23.4 Å². The summed E-state index contributed by atoms with van der Waals surface area (Å²) in [5.41, 5.74) is 0. The zero-order valence-corrected chi connectivity index (χ0v) is 11.8. The van der Waals surface area contributed by atoms with Gasteiger partial charge < -0.3 is 0 Å². The Morgan fingerprint density at radius 1 is 0.667 bits per heavy atom. The lowest BCUT2D eigenvalue weighted by Crippen LogP contribution is -2.49. The van der Waals surface area contributed by atoms with Gasteiger partial charge in [-0.2, -0.15) is 0 Å². The van der Waals surface area contributed by atoms with Crippen LogP contribution in [0.5, 0.6) is 0 Å². The van der Waals surface area contributed by atoms with Crippen molar-refractivity contribution < 1.29 is 0 Å². The minimum atomic E-state index is 0.508. The van der Waals surface area contributed by atoms with E-state index in [0.29, 0.717) is 11.5 Å². The van der Waals surface area contributed by atoms with E-state index in [4.69, 9.17) is 0 Å². The van der Waals surface area contributed by atoms with Gasteiger partial charge in [0.2, 0.25) is 0 Å². The first kappa shape index (κ1) is 12.0. The van der Waals surface area contributed by atoms with E-state index in [1.807, 2.05) is 0 Å². The molecule has 4 fully saturated rings. The van der Waals surface area contributed by atoms with Crippen molar-refractivity contribution >= 4 is 11.8 Å². The molecule has 0 aromatic heterocycles. The molecule has 5 atom stereocenters. The highest BCUT2D eigenvalue weighted by Crippen LogP contribution is 2.38. The third-order valence-electron chi connectivity index (χ3n) is 5.26. The van der Waals surface area contributed by atoms with E-state index in [9.17, 15) is 0 Å². The van der Waals surface area contributed by atoms with Gasteiger partial charge >= 0.3 is 0 Å². The van der Waals surface area contributed by atoms with Crippen molar-refractivity contribution in [1.82, 2.24) is 16.0 Å². The van der Waals surface area contributed by atoms with E-state index in [1.54, 1.807) is 0 Å². The van der Waals surface area contributed by atoms with Crippen LogP contribution < -0.4 is 16.0 Å². The Labute approximate surface area is 114 Å². The minimum absolute atomic E-state index is 0.508. The zero-order chi connectivity index (χ0) is 11.9. The van der Waals surface area contributed by atoms with E-state index in [0.717, 1.165) is 23.4 Å². The quantitative estimate of drug-likeness (QED) is 0.677. The molecule has 2 saturated carbocycles. The molecule has 2 saturated heterocycles. The summed E-state index contributed by atoms with van der Waals surface area (Å²) in [6.45, 7) is 0. The molecule has 0 radical (unpaired) electrons. The van der Waals surface area contributed by atoms with Crippen molar-refractivity contribution in [3.05, 3.63) is 0 Å². The largest absolute Gasteiger partial charge is 0.299 e. The standard InChI is InChI=1S/C14H25N3S/c1-2-6-10-9(5-1)15-13(16-10)14-17-11-7-3-4-8-12(11)18-14/h9-17H,1-8H2. The lowest BCUT2D eigenvalue weighted by Gasteiger charge is -2.23. The molecule has 3 N–H and O–H groups in total. The van der Waals surface area contributed by atoms with Gasteiger partial charge in [-0.25, -0.2) is 0 Å². The van der Waals surface area contributed by atoms with Crippen LogP contribution in [0.15, 0.2) is 0 Å². The van der Waals surface area contributed by atoms with Crippen molar-refractivity contribution in [2.45, 2.75) is 86.3 Å². The maximum Gasteiger partial charge on any atom is 0.0832 e. The van der Waals surface area contributed by atoms with Crippen molar-refractivity contribution in [3.63, 3.8) is 0 Å². The maximum atomic E-state index is 3.88. The molecule has 2 heterocycles. The normalized spacial score (nSPS) is 52.0. The van der Waals surface area contributed by atoms with Gasteiger partial charge in [-0.3, -0.25) is 16.0 Å². The van der Waals surface area contributed by atoms with Crippen LogP contribution in [-0.2, 0) is 0 Å². The van der Waals surface area contributed by atoms with Crippen LogP contribution >= 0.6 is 11.8 Å². The smallest absolute Gasteiger partial charge is 0.0832 e. The average Bonchev–Trinajstić information content (AvgIpc) is 3.02. The summed E-state index contributed by atoms with van der Waals surface area (Å²) in [6, 6.07) is 2.28. The molecule has 0 bridgehead atoms. The fraction of sp³-hybridized carbons (Fsp3) is 1.00. The lowest BCUT2D eigenvalue weighted by atomic mass is 9.92. The van der Waals surface area contributed by atoms with Crippen molar-refractivity contribution in [1.29, 1.82) is 0 Å². The molecule has 0 aromatic carbocycles. The summed E-state index contributed by atoms with van der Waals surface area (Å²) in [6.07, 6.45) is 11.8. The molecule has 4 heteroatoms. The monoisotopic (exact) mass is 267 g/mol. The molecule has 0 spiro atoms. The third kappa shape index (κ3) is 2.11. The van der Waals surface area contributed by atoms with Crippen LogP contribution in [0.4, 0.5) is 0 Å². The van der Waals surface area contributed by atoms with E-state index in [1.165, 1.54) is 51.4 Å². The molecule has 102 valence electrons. The Morgan fingerprint density at radius 3 is 1.94 bits per heavy atom. The summed E-state index contributed by atoms with van der Waals surface area (Å²) in [7, 11) is 0. The molecule has 0 amide bonds. The maximum absolute atomic E-state index is 3.88. The molecule has 5 unspecified atom stereocenters. The van der Waals surface area contributed by atoms with Crippen LogP contribution in [0, 0.1) is 0 Å². The molecule has 4 aliphatic rings. The number of hydrogen-bond acceptors (Lipinski definition) is 4. The summed E-state index contributed by atoms with van der Waals surface area (Å²) in [5.74, 6) is 0.